The molecule has 3 N–H and O–H groups in total. The second-order valence-electron chi connectivity index (χ2n) is 5.11. The molecule has 0 spiro atoms. The SMILES string of the molecule is CSCC[C@H](N)C(=O)NCCc1nc2c(s1)CCCC2. The first-order valence-electron chi connectivity index (χ1n) is 7.20. The summed E-state index contributed by atoms with van der Waals surface area (Å²) in [6, 6.07) is -0.382. The van der Waals surface area contributed by atoms with Gasteiger partial charge in [0.2, 0.25) is 5.91 Å². The first-order valence-corrected chi connectivity index (χ1v) is 9.41. The number of hydrogen-bond donors (Lipinski definition) is 2. The van der Waals surface area contributed by atoms with Crippen LogP contribution in [0.15, 0.2) is 0 Å². The standard InChI is InChI=1S/C14H23N3OS2/c1-19-9-7-10(15)14(18)16-8-6-13-17-11-4-2-3-5-12(11)20-13/h10H,2-9,15H2,1H3,(H,16,18)/t10-/m0/s1. The predicted octanol–water partition coefficient (Wildman–Crippen LogP) is 1.76. The lowest BCUT2D eigenvalue weighted by atomic mass is 10.0. The second-order valence-corrected chi connectivity index (χ2v) is 7.27. The van der Waals surface area contributed by atoms with Gasteiger partial charge in [-0.25, -0.2) is 4.98 Å². The number of carbonyl (C=O) groups excluding carboxylic acids is 1. The lowest BCUT2D eigenvalue weighted by Crippen LogP contribution is -2.41. The maximum Gasteiger partial charge on any atom is 0.236 e. The first kappa shape index (κ1) is 15.8. The van der Waals surface area contributed by atoms with Gasteiger partial charge in [0.25, 0.3) is 0 Å². The van der Waals surface area contributed by atoms with Crippen molar-refractivity contribution >= 4 is 29.0 Å². The van der Waals surface area contributed by atoms with Crippen LogP contribution in [0.4, 0.5) is 0 Å². The highest BCUT2D eigenvalue weighted by Gasteiger charge is 2.16. The molecule has 0 bridgehead atoms. The molecule has 2 rings (SSSR count). The van der Waals surface area contributed by atoms with Gasteiger partial charge in [-0.2, -0.15) is 11.8 Å². The quantitative estimate of drug-likeness (QED) is 0.805. The first-order chi connectivity index (χ1) is 9.70. The van der Waals surface area contributed by atoms with E-state index in [4.69, 9.17) is 5.73 Å². The fourth-order valence-corrected chi connectivity index (χ4v) is 3.96. The average Bonchev–Trinajstić information content (AvgIpc) is 2.87. The van der Waals surface area contributed by atoms with Crippen molar-refractivity contribution in [3.8, 4) is 0 Å². The fourth-order valence-electron chi connectivity index (χ4n) is 2.31. The van der Waals surface area contributed by atoms with E-state index >= 15 is 0 Å². The molecule has 0 aliphatic heterocycles. The number of nitrogens with two attached hydrogens (primary N) is 1. The molecule has 1 amide bonds. The molecule has 4 nitrogen and oxygen atoms in total. The number of aryl methyl sites for hydroxylation is 2. The van der Waals surface area contributed by atoms with Crippen LogP contribution in [0.25, 0.3) is 0 Å². The number of nitrogens with zero attached hydrogens (tertiary/aromatic N) is 1. The third-order valence-electron chi connectivity index (χ3n) is 3.50. The lowest BCUT2D eigenvalue weighted by molar-refractivity contribution is -0.122. The molecular formula is C14H23N3OS2. The maximum absolute atomic E-state index is 11.8. The summed E-state index contributed by atoms with van der Waals surface area (Å²) in [7, 11) is 0. The van der Waals surface area contributed by atoms with Gasteiger partial charge in [0.1, 0.15) is 0 Å². The van der Waals surface area contributed by atoms with Gasteiger partial charge >= 0.3 is 0 Å². The van der Waals surface area contributed by atoms with E-state index < -0.39 is 0 Å². The summed E-state index contributed by atoms with van der Waals surface area (Å²) in [4.78, 5) is 17.9. The minimum Gasteiger partial charge on any atom is -0.354 e. The molecule has 1 aliphatic carbocycles. The molecule has 0 unspecified atom stereocenters. The van der Waals surface area contributed by atoms with Gasteiger partial charge in [-0.3, -0.25) is 4.79 Å². The monoisotopic (exact) mass is 313 g/mol. The number of thioether (sulfide) groups is 1. The second kappa shape index (κ2) is 8.00. The van der Waals surface area contributed by atoms with Crippen LogP contribution in [0.2, 0.25) is 0 Å². The third kappa shape index (κ3) is 4.46. The molecular weight excluding hydrogens is 290 g/mol. The number of thiazole rings is 1. The van der Waals surface area contributed by atoms with Crippen LogP contribution < -0.4 is 11.1 Å². The van der Waals surface area contributed by atoms with Gasteiger partial charge in [0.05, 0.1) is 16.7 Å². The summed E-state index contributed by atoms with van der Waals surface area (Å²) in [5.74, 6) is 0.883. The summed E-state index contributed by atoms with van der Waals surface area (Å²) in [5, 5.41) is 4.06. The Hall–Kier alpha value is -0.590. The molecule has 0 aromatic carbocycles. The minimum atomic E-state index is -0.382. The van der Waals surface area contributed by atoms with E-state index in [1.807, 2.05) is 17.6 Å². The van der Waals surface area contributed by atoms with Crippen LogP contribution in [-0.2, 0) is 24.1 Å². The van der Waals surface area contributed by atoms with Crippen molar-refractivity contribution in [2.45, 2.75) is 44.6 Å². The number of aromatic nitrogens is 1. The molecule has 0 radical (unpaired) electrons. The molecule has 0 saturated carbocycles. The van der Waals surface area contributed by atoms with Crippen molar-refractivity contribution < 1.29 is 4.79 Å². The van der Waals surface area contributed by atoms with E-state index in [-0.39, 0.29) is 11.9 Å². The van der Waals surface area contributed by atoms with Crippen molar-refractivity contribution in [2.24, 2.45) is 5.73 Å². The summed E-state index contributed by atoms with van der Waals surface area (Å²) in [6.45, 7) is 0.637. The van der Waals surface area contributed by atoms with Gasteiger partial charge in [0, 0.05) is 17.8 Å². The normalized spacial score (nSPS) is 15.7. The summed E-state index contributed by atoms with van der Waals surface area (Å²) >= 11 is 3.53. The Morgan fingerprint density at radius 3 is 3.05 bits per heavy atom. The van der Waals surface area contributed by atoms with Crippen molar-refractivity contribution in [1.82, 2.24) is 10.3 Å². The molecule has 1 heterocycles. The largest absolute Gasteiger partial charge is 0.354 e. The van der Waals surface area contributed by atoms with Crippen molar-refractivity contribution in [3.63, 3.8) is 0 Å². The Kier molecular flexibility index (Phi) is 6.32. The molecule has 1 aliphatic rings. The molecule has 1 atom stereocenters. The summed E-state index contributed by atoms with van der Waals surface area (Å²) < 4.78 is 0. The number of nitrogens with one attached hydrogen (secondary N) is 1. The molecule has 20 heavy (non-hydrogen) atoms. The number of carbonyl (C=O) groups is 1. The molecule has 112 valence electrons. The molecule has 0 fully saturated rings. The van der Waals surface area contributed by atoms with Crippen molar-refractivity contribution in [1.29, 1.82) is 0 Å². The topological polar surface area (TPSA) is 68.0 Å². The van der Waals surface area contributed by atoms with E-state index in [9.17, 15) is 4.79 Å². The zero-order chi connectivity index (χ0) is 14.4. The highest BCUT2D eigenvalue weighted by molar-refractivity contribution is 7.98. The van der Waals surface area contributed by atoms with Gasteiger partial charge in [0.15, 0.2) is 0 Å². The Bertz CT molecular complexity index is 424. The maximum atomic E-state index is 11.8. The number of hydrogen-bond acceptors (Lipinski definition) is 5. The fraction of sp³-hybridized carbons (Fsp3) is 0.714. The Morgan fingerprint density at radius 2 is 2.30 bits per heavy atom. The van der Waals surface area contributed by atoms with Crippen LogP contribution in [0.3, 0.4) is 0 Å². The van der Waals surface area contributed by atoms with Gasteiger partial charge < -0.3 is 11.1 Å². The zero-order valence-corrected chi connectivity index (χ0v) is 13.6. The average molecular weight is 313 g/mol. The Labute approximate surface area is 128 Å². The highest BCUT2D eigenvalue weighted by Crippen LogP contribution is 2.26. The number of rotatable bonds is 7. The van der Waals surface area contributed by atoms with Crippen LogP contribution in [0.5, 0.6) is 0 Å². The molecule has 0 saturated heterocycles. The smallest absolute Gasteiger partial charge is 0.236 e. The van der Waals surface area contributed by atoms with E-state index in [1.165, 1.54) is 29.8 Å². The van der Waals surface area contributed by atoms with Crippen LogP contribution in [0.1, 0.15) is 34.8 Å². The molecule has 6 heteroatoms. The predicted molar refractivity (Wildman–Crippen MR) is 86.4 cm³/mol. The van der Waals surface area contributed by atoms with Gasteiger partial charge in [-0.15, -0.1) is 11.3 Å². The van der Waals surface area contributed by atoms with Crippen molar-refractivity contribution in [3.05, 3.63) is 15.6 Å². The van der Waals surface area contributed by atoms with Gasteiger partial charge in [-0.1, -0.05) is 0 Å². The Balaban J connectivity index is 1.72. The minimum absolute atomic E-state index is 0.0413. The number of amides is 1. The van der Waals surface area contributed by atoms with Crippen LogP contribution >= 0.6 is 23.1 Å². The van der Waals surface area contributed by atoms with Crippen LogP contribution in [-0.4, -0.2) is 35.5 Å². The van der Waals surface area contributed by atoms with Gasteiger partial charge in [-0.05, 0) is 44.1 Å². The Morgan fingerprint density at radius 1 is 1.50 bits per heavy atom. The summed E-state index contributed by atoms with van der Waals surface area (Å²) in [5.41, 5.74) is 7.11. The number of fused-ring (bicyclic) bond motifs is 1. The lowest BCUT2D eigenvalue weighted by Gasteiger charge is -2.10. The van der Waals surface area contributed by atoms with E-state index in [0.29, 0.717) is 6.54 Å². The molecule has 1 aromatic heterocycles. The highest BCUT2D eigenvalue weighted by atomic mass is 32.2. The van der Waals surface area contributed by atoms with Crippen LogP contribution in [0, 0.1) is 0 Å². The van der Waals surface area contributed by atoms with E-state index in [0.717, 1.165) is 30.0 Å². The third-order valence-corrected chi connectivity index (χ3v) is 5.36. The zero-order valence-electron chi connectivity index (χ0n) is 12.0. The van der Waals surface area contributed by atoms with E-state index in [1.54, 1.807) is 11.8 Å². The summed E-state index contributed by atoms with van der Waals surface area (Å²) in [6.07, 6.45) is 8.43. The van der Waals surface area contributed by atoms with Crippen molar-refractivity contribution in [2.75, 3.05) is 18.6 Å². The van der Waals surface area contributed by atoms with E-state index in [2.05, 4.69) is 10.3 Å². The molecule has 1 aromatic rings.